The summed E-state index contributed by atoms with van der Waals surface area (Å²) in [7, 11) is 1.28. The summed E-state index contributed by atoms with van der Waals surface area (Å²) in [6.45, 7) is 1.00. The summed E-state index contributed by atoms with van der Waals surface area (Å²) in [6, 6.07) is 5.41. The molecule has 0 amide bonds. The van der Waals surface area contributed by atoms with Crippen molar-refractivity contribution in [1.29, 1.82) is 0 Å². The van der Waals surface area contributed by atoms with Crippen LogP contribution in [0.5, 0.6) is 11.5 Å². The SMILES string of the molecule is COC(=O)/C(N)=C/c1cccc2c1OCCO2. The fraction of sp³-hybridized carbons (Fsp3) is 0.250. The first-order chi connectivity index (χ1) is 8.22. The molecule has 0 radical (unpaired) electrons. The molecule has 90 valence electrons. The van der Waals surface area contributed by atoms with Crippen molar-refractivity contribution in [3.8, 4) is 11.5 Å². The third-order valence-electron chi connectivity index (χ3n) is 2.33. The van der Waals surface area contributed by atoms with Crippen molar-refractivity contribution in [2.75, 3.05) is 20.3 Å². The molecule has 0 spiro atoms. The van der Waals surface area contributed by atoms with Crippen LogP contribution in [0.2, 0.25) is 0 Å². The molecule has 17 heavy (non-hydrogen) atoms. The Hall–Kier alpha value is -2.17. The Kier molecular flexibility index (Phi) is 3.18. The lowest BCUT2D eigenvalue weighted by molar-refractivity contribution is -0.136. The molecule has 1 aliphatic rings. The standard InChI is InChI=1S/C12H13NO4/c1-15-12(14)9(13)7-8-3-2-4-10-11(8)17-6-5-16-10/h2-4,7H,5-6,13H2,1H3/b9-7-. The maximum atomic E-state index is 11.2. The van der Waals surface area contributed by atoms with E-state index >= 15 is 0 Å². The average Bonchev–Trinajstić information content (AvgIpc) is 2.38. The summed E-state index contributed by atoms with van der Waals surface area (Å²) in [5, 5.41) is 0. The highest BCUT2D eigenvalue weighted by atomic mass is 16.6. The van der Waals surface area contributed by atoms with Crippen molar-refractivity contribution < 1.29 is 19.0 Å². The molecule has 1 aromatic carbocycles. The van der Waals surface area contributed by atoms with Gasteiger partial charge in [-0.25, -0.2) is 4.79 Å². The van der Waals surface area contributed by atoms with Crippen LogP contribution in [0.25, 0.3) is 6.08 Å². The van der Waals surface area contributed by atoms with Gasteiger partial charge in [0.1, 0.15) is 18.9 Å². The number of hydrogen-bond acceptors (Lipinski definition) is 5. The number of carbonyl (C=O) groups excluding carboxylic acids is 1. The molecule has 0 fully saturated rings. The smallest absolute Gasteiger partial charge is 0.353 e. The van der Waals surface area contributed by atoms with E-state index < -0.39 is 5.97 Å². The molecule has 0 saturated heterocycles. The van der Waals surface area contributed by atoms with Crippen molar-refractivity contribution in [3.05, 3.63) is 29.5 Å². The Balaban J connectivity index is 2.36. The van der Waals surface area contributed by atoms with Gasteiger partial charge in [-0.1, -0.05) is 12.1 Å². The van der Waals surface area contributed by atoms with Gasteiger partial charge in [-0.05, 0) is 12.1 Å². The highest BCUT2D eigenvalue weighted by Gasteiger charge is 2.15. The van der Waals surface area contributed by atoms with Gasteiger partial charge in [0.05, 0.1) is 7.11 Å². The van der Waals surface area contributed by atoms with Crippen molar-refractivity contribution in [2.45, 2.75) is 0 Å². The van der Waals surface area contributed by atoms with Gasteiger partial charge in [0.25, 0.3) is 0 Å². The number of carbonyl (C=O) groups is 1. The Bertz CT molecular complexity index is 468. The Morgan fingerprint density at radius 3 is 2.94 bits per heavy atom. The van der Waals surface area contributed by atoms with Crippen LogP contribution in [0.15, 0.2) is 23.9 Å². The molecule has 0 aromatic heterocycles. The minimum Gasteiger partial charge on any atom is -0.486 e. The number of para-hydroxylation sites is 1. The zero-order valence-electron chi connectivity index (χ0n) is 9.43. The van der Waals surface area contributed by atoms with Gasteiger partial charge in [-0.15, -0.1) is 0 Å². The zero-order valence-corrected chi connectivity index (χ0v) is 9.43. The molecular formula is C12H13NO4. The summed E-state index contributed by atoms with van der Waals surface area (Å²) in [4.78, 5) is 11.2. The first-order valence-electron chi connectivity index (χ1n) is 5.16. The van der Waals surface area contributed by atoms with E-state index in [9.17, 15) is 4.79 Å². The van der Waals surface area contributed by atoms with Gasteiger partial charge >= 0.3 is 5.97 Å². The second-order valence-electron chi connectivity index (χ2n) is 3.46. The first kappa shape index (κ1) is 11.3. The second-order valence-corrected chi connectivity index (χ2v) is 3.46. The second kappa shape index (κ2) is 4.78. The Labute approximate surface area is 98.8 Å². The molecule has 0 aliphatic carbocycles. The number of rotatable bonds is 2. The zero-order chi connectivity index (χ0) is 12.3. The summed E-state index contributed by atoms with van der Waals surface area (Å²) in [5.41, 5.74) is 6.31. The van der Waals surface area contributed by atoms with Crippen LogP contribution >= 0.6 is 0 Å². The van der Waals surface area contributed by atoms with Crippen LogP contribution in [0, 0.1) is 0 Å². The number of methoxy groups -OCH3 is 1. The molecule has 0 atom stereocenters. The topological polar surface area (TPSA) is 70.8 Å². The molecule has 2 rings (SSSR count). The van der Waals surface area contributed by atoms with Crippen molar-refractivity contribution in [3.63, 3.8) is 0 Å². The van der Waals surface area contributed by atoms with Crippen LogP contribution in [0.1, 0.15) is 5.56 Å². The number of nitrogens with two attached hydrogens (primary N) is 1. The highest BCUT2D eigenvalue weighted by molar-refractivity contribution is 5.93. The third kappa shape index (κ3) is 2.33. The number of benzene rings is 1. The van der Waals surface area contributed by atoms with Crippen LogP contribution < -0.4 is 15.2 Å². The number of hydrogen-bond donors (Lipinski definition) is 1. The molecule has 0 bridgehead atoms. The predicted octanol–water partition coefficient (Wildman–Crippen LogP) is 0.930. The monoisotopic (exact) mass is 235 g/mol. The summed E-state index contributed by atoms with van der Waals surface area (Å²) >= 11 is 0. The number of fused-ring (bicyclic) bond motifs is 1. The molecule has 1 aromatic rings. The van der Waals surface area contributed by atoms with Crippen LogP contribution in [0.4, 0.5) is 0 Å². The number of esters is 1. The largest absolute Gasteiger partial charge is 0.486 e. The molecule has 1 aliphatic heterocycles. The van der Waals surface area contributed by atoms with E-state index in [0.717, 1.165) is 0 Å². The van der Waals surface area contributed by atoms with Gasteiger partial charge in [0.2, 0.25) is 0 Å². The highest BCUT2D eigenvalue weighted by Crippen LogP contribution is 2.34. The van der Waals surface area contributed by atoms with E-state index in [0.29, 0.717) is 30.3 Å². The van der Waals surface area contributed by atoms with E-state index in [4.69, 9.17) is 15.2 Å². The van der Waals surface area contributed by atoms with E-state index in [1.165, 1.54) is 13.2 Å². The molecule has 0 saturated carbocycles. The lowest BCUT2D eigenvalue weighted by Crippen LogP contribution is -2.16. The quantitative estimate of drug-likeness (QED) is 0.610. The molecular weight excluding hydrogens is 222 g/mol. The normalized spacial score (nSPS) is 14.3. The van der Waals surface area contributed by atoms with Crippen LogP contribution in [-0.2, 0) is 9.53 Å². The average molecular weight is 235 g/mol. The van der Waals surface area contributed by atoms with Gasteiger partial charge in [-0.3, -0.25) is 0 Å². The van der Waals surface area contributed by atoms with Gasteiger partial charge in [-0.2, -0.15) is 0 Å². The summed E-state index contributed by atoms with van der Waals surface area (Å²) in [5.74, 6) is 0.688. The summed E-state index contributed by atoms with van der Waals surface area (Å²) < 4.78 is 15.4. The van der Waals surface area contributed by atoms with Crippen molar-refractivity contribution in [2.24, 2.45) is 5.73 Å². The molecule has 2 N–H and O–H groups in total. The predicted molar refractivity (Wildman–Crippen MR) is 61.6 cm³/mol. The minimum absolute atomic E-state index is 0.0232. The third-order valence-corrected chi connectivity index (χ3v) is 2.33. The minimum atomic E-state index is -0.570. The van der Waals surface area contributed by atoms with E-state index in [-0.39, 0.29) is 5.70 Å². The fourth-order valence-corrected chi connectivity index (χ4v) is 1.55. The van der Waals surface area contributed by atoms with E-state index in [1.807, 2.05) is 6.07 Å². The van der Waals surface area contributed by atoms with Gasteiger partial charge in [0.15, 0.2) is 11.5 Å². The maximum absolute atomic E-state index is 11.2. The molecule has 1 heterocycles. The van der Waals surface area contributed by atoms with Crippen LogP contribution in [0.3, 0.4) is 0 Å². The van der Waals surface area contributed by atoms with E-state index in [2.05, 4.69) is 4.74 Å². The molecule has 0 unspecified atom stereocenters. The summed E-state index contributed by atoms with van der Waals surface area (Å²) in [6.07, 6.45) is 1.51. The first-order valence-corrected chi connectivity index (χ1v) is 5.16. The number of ether oxygens (including phenoxy) is 3. The van der Waals surface area contributed by atoms with Gasteiger partial charge in [0, 0.05) is 5.56 Å². The van der Waals surface area contributed by atoms with Crippen molar-refractivity contribution in [1.82, 2.24) is 0 Å². The molecule has 5 heteroatoms. The molecule has 5 nitrogen and oxygen atoms in total. The Morgan fingerprint density at radius 1 is 1.41 bits per heavy atom. The maximum Gasteiger partial charge on any atom is 0.353 e. The van der Waals surface area contributed by atoms with Gasteiger partial charge < -0.3 is 19.9 Å². The lowest BCUT2D eigenvalue weighted by Gasteiger charge is -2.19. The van der Waals surface area contributed by atoms with Crippen LogP contribution in [-0.4, -0.2) is 26.3 Å². The van der Waals surface area contributed by atoms with E-state index in [1.54, 1.807) is 12.1 Å². The van der Waals surface area contributed by atoms with Crippen molar-refractivity contribution >= 4 is 12.0 Å². The Morgan fingerprint density at radius 2 is 2.18 bits per heavy atom. The lowest BCUT2D eigenvalue weighted by atomic mass is 10.1. The fourth-order valence-electron chi connectivity index (χ4n) is 1.55.